The highest BCUT2D eigenvalue weighted by atomic mass is 19.4. The van der Waals surface area contributed by atoms with Gasteiger partial charge in [-0.25, -0.2) is 0 Å². The normalized spacial score (nSPS) is 19.5. The van der Waals surface area contributed by atoms with Crippen LogP contribution >= 0.6 is 0 Å². The molecule has 1 saturated heterocycles. The fourth-order valence-corrected chi connectivity index (χ4v) is 3.09. The molecule has 0 atom stereocenters. The lowest BCUT2D eigenvalue weighted by Crippen LogP contribution is -2.43. The van der Waals surface area contributed by atoms with Gasteiger partial charge >= 0.3 is 6.18 Å². The van der Waals surface area contributed by atoms with Gasteiger partial charge < -0.3 is 10.2 Å². The quantitative estimate of drug-likeness (QED) is 0.656. The number of nitro benzene ring substituents is 1. The van der Waals surface area contributed by atoms with Gasteiger partial charge in [-0.2, -0.15) is 13.2 Å². The minimum Gasteiger partial charge on any atom is -0.366 e. The van der Waals surface area contributed by atoms with Gasteiger partial charge in [-0.05, 0) is 50.3 Å². The smallest absolute Gasteiger partial charge is 0.366 e. The number of nitrogens with zero attached hydrogens (tertiary/aromatic N) is 2. The Balaban J connectivity index is 1.68. The molecule has 8 heteroatoms. The van der Waals surface area contributed by atoms with Gasteiger partial charge in [-0.1, -0.05) is 0 Å². The molecule has 0 bridgehead atoms. The van der Waals surface area contributed by atoms with Crippen molar-refractivity contribution in [2.45, 2.75) is 37.9 Å². The van der Waals surface area contributed by atoms with E-state index in [9.17, 15) is 23.3 Å². The molecule has 2 fully saturated rings. The van der Waals surface area contributed by atoms with Crippen LogP contribution in [0, 0.1) is 16.0 Å². The lowest BCUT2D eigenvalue weighted by Gasteiger charge is -2.34. The first kappa shape index (κ1) is 17.0. The third-order valence-electron chi connectivity index (χ3n) is 4.73. The van der Waals surface area contributed by atoms with Crippen LogP contribution in [0.5, 0.6) is 0 Å². The Labute approximate surface area is 138 Å². The maximum atomic E-state index is 12.8. The molecule has 1 aromatic carbocycles. The molecule has 1 heterocycles. The van der Waals surface area contributed by atoms with Gasteiger partial charge in [-0.15, -0.1) is 0 Å². The molecular formula is C16H20F3N3O2. The number of alkyl halides is 3. The summed E-state index contributed by atoms with van der Waals surface area (Å²) in [5.41, 5.74) is -1.19. The first-order valence-electron chi connectivity index (χ1n) is 8.18. The Morgan fingerprint density at radius 2 is 1.88 bits per heavy atom. The molecular weight excluding hydrogens is 323 g/mol. The van der Waals surface area contributed by atoms with Crippen LogP contribution in [0.1, 0.15) is 31.2 Å². The summed E-state index contributed by atoms with van der Waals surface area (Å²) < 4.78 is 38.3. The molecule has 1 saturated carbocycles. The highest BCUT2D eigenvalue weighted by Crippen LogP contribution is 2.37. The predicted octanol–water partition coefficient (Wildman–Crippen LogP) is 3.58. The average molecular weight is 343 g/mol. The van der Waals surface area contributed by atoms with Crippen LogP contribution in [-0.2, 0) is 6.18 Å². The molecule has 1 aromatic rings. The van der Waals surface area contributed by atoms with Crippen molar-refractivity contribution in [1.82, 2.24) is 5.32 Å². The van der Waals surface area contributed by atoms with Crippen molar-refractivity contribution in [2.24, 2.45) is 5.92 Å². The molecule has 0 unspecified atom stereocenters. The zero-order chi connectivity index (χ0) is 17.3. The molecule has 1 N–H and O–H groups in total. The van der Waals surface area contributed by atoms with E-state index in [4.69, 9.17) is 0 Å². The molecule has 1 aliphatic heterocycles. The van der Waals surface area contributed by atoms with Crippen LogP contribution in [-0.4, -0.2) is 30.6 Å². The van der Waals surface area contributed by atoms with Gasteiger partial charge in [0.1, 0.15) is 5.69 Å². The third-order valence-corrected chi connectivity index (χ3v) is 4.73. The van der Waals surface area contributed by atoms with Crippen molar-refractivity contribution in [1.29, 1.82) is 0 Å². The second-order valence-electron chi connectivity index (χ2n) is 6.57. The molecule has 2 aliphatic rings. The Bertz CT molecular complexity index is 609. The molecule has 0 aromatic heterocycles. The van der Waals surface area contributed by atoms with Crippen LogP contribution in [0.3, 0.4) is 0 Å². The van der Waals surface area contributed by atoms with Crippen LogP contribution in [0.15, 0.2) is 18.2 Å². The number of hydrogen-bond acceptors (Lipinski definition) is 4. The Morgan fingerprint density at radius 3 is 2.42 bits per heavy atom. The number of halogens is 3. The van der Waals surface area contributed by atoms with Gasteiger partial charge in [0.15, 0.2) is 0 Å². The van der Waals surface area contributed by atoms with Gasteiger partial charge in [0.05, 0.1) is 10.5 Å². The second kappa shape index (κ2) is 6.58. The molecule has 24 heavy (non-hydrogen) atoms. The number of nitrogens with one attached hydrogen (secondary N) is 1. The lowest BCUT2D eigenvalue weighted by molar-refractivity contribution is -0.384. The molecule has 132 valence electrons. The minimum absolute atomic E-state index is 0.272. The van der Waals surface area contributed by atoms with E-state index >= 15 is 0 Å². The van der Waals surface area contributed by atoms with Crippen LogP contribution in [0.25, 0.3) is 0 Å². The fraction of sp³-hybridized carbons (Fsp3) is 0.625. The van der Waals surface area contributed by atoms with Crippen LogP contribution in [0.2, 0.25) is 0 Å². The molecule has 0 amide bonds. The molecule has 0 spiro atoms. The van der Waals surface area contributed by atoms with Gasteiger partial charge in [0.2, 0.25) is 0 Å². The average Bonchev–Trinajstić information content (AvgIpc) is 3.36. The summed E-state index contributed by atoms with van der Waals surface area (Å²) in [6.45, 7) is 2.23. The highest BCUT2D eigenvalue weighted by molar-refractivity contribution is 5.65. The van der Waals surface area contributed by atoms with Gasteiger partial charge in [0.25, 0.3) is 5.69 Å². The van der Waals surface area contributed by atoms with Crippen LogP contribution < -0.4 is 10.2 Å². The zero-order valence-corrected chi connectivity index (χ0v) is 13.2. The largest absolute Gasteiger partial charge is 0.416 e. The third kappa shape index (κ3) is 3.98. The van der Waals surface area contributed by atoms with E-state index in [1.807, 2.05) is 4.90 Å². The lowest BCUT2D eigenvalue weighted by atomic mass is 10.0. The van der Waals surface area contributed by atoms with E-state index < -0.39 is 22.4 Å². The van der Waals surface area contributed by atoms with Crippen molar-refractivity contribution >= 4 is 11.4 Å². The summed E-state index contributed by atoms with van der Waals surface area (Å²) in [5.74, 6) is 0.791. The summed E-state index contributed by atoms with van der Waals surface area (Å²) in [6.07, 6.45) is -0.341. The van der Waals surface area contributed by atoms with Crippen molar-refractivity contribution < 1.29 is 18.1 Å². The summed E-state index contributed by atoms with van der Waals surface area (Å²) in [5, 5.41) is 14.7. The van der Waals surface area contributed by atoms with E-state index in [1.165, 1.54) is 18.9 Å². The number of hydrogen-bond donors (Lipinski definition) is 1. The summed E-state index contributed by atoms with van der Waals surface area (Å²) in [7, 11) is 0. The summed E-state index contributed by atoms with van der Waals surface area (Å²) in [4.78, 5) is 12.3. The van der Waals surface area contributed by atoms with E-state index in [2.05, 4.69) is 5.32 Å². The summed E-state index contributed by atoms with van der Waals surface area (Å²) in [6, 6.07) is 3.15. The Hall–Kier alpha value is -1.83. The first-order chi connectivity index (χ1) is 11.3. The van der Waals surface area contributed by atoms with Crippen LogP contribution in [0.4, 0.5) is 24.5 Å². The van der Waals surface area contributed by atoms with E-state index in [0.717, 1.165) is 31.4 Å². The molecule has 3 rings (SSSR count). The number of piperidine rings is 1. The SMILES string of the molecule is O=[N+]([O-])c1cc(C(F)(F)F)ccc1N1CCC(NCC2CC2)CC1. The molecule has 0 radical (unpaired) electrons. The Morgan fingerprint density at radius 1 is 1.21 bits per heavy atom. The fourth-order valence-electron chi connectivity index (χ4n) is 3.09. The van der Waals surface area contributed by atoms with E-state index in [0.29, 0.717) is 25.2 Å². The number of nitro groups is 1. The topological polar surface area (TPSA) is 58.4 Å². The van der Waals surface area contributed by atoms with Gasteiger partial charge in [0, 0.05) is 25.2 Å². The first-order valence-corrected chi connectivity index (χ1v) is 8.18. The highest BCUT2D eigenvalue weighted by Gasteiger charge is 2.34. The van der Waals surface area contributed by atoms with E-state index in [-0.39, 0.29) is 5.69 Å². The maximum Gasteiger partial charge on any atom is 0.416 e. The maximum absolute atomic E-state index is 12.8. The summed E-state index contributed by atoms with van der Waals surface area (Å²) >= 11 is 0. The predicted molar refractivity (Wildman–Crippen MR) is 84.1 cm³/mol. The standard InChI is InChI=1S/C16H20F3N3O2/c17-16(18,19)12-3-4-14(15(9-12)22(23)24)21-7-5-13(6-8-21)20-10-11-1-2-11/h3-4,9,11,13,20H,1-2,5-8,10H2. The van der Waals surface area contributed by atoms with E-state index in [1.54, 1.807) is 0 Å². The van der Waals surface area contributed by atoms with Crippen molar-refractivity contribution in [2.75, 3.05) is 24.5 Å². The van der Waals surface area contributed by atoms with Gasteiger partial charge in [-0.3, -0.25) is 10.1 Å². The Kier molecular flexibility index (Phi) is 4.67. The minimum atomic E-state index is -4.58. The zero-order valence-electron chi connectivity index (χ0n) is 13.2. The monoisotopic (exact) mass is 343 g/mol. The number of anilines is 1. The molecule has 5 nitrogen and oxygen atoms in total. The molecule has 1 aliphatic carbocycles. The van der Waals surface area contributed by atoms with Crippen molar-refractivity contribution in [3.05, 3.63) is 33.9 Å². The number of rotatable bonds is 5. The van der Waals surface area contributed by atoms with Crippen molar-refractivity contribution in [3.63, 3.8) is 0 Å². The van der Waals surface area contributed by atoms with Crippen molar-refractivity contribution in [3.8, 4) is 0 Å². The second-order valence-corrected chi connectivity index (χ2v) is 6.57. The number of benzene rings is 1.